The van der Waals surface area contributed by atoms with Crippen LogP contribution in [0.3, 0.4) is 0 Å². The van der Waals surface area contributed by atoms with Crippen molar-refractivity contribution in [1.82, 2.24) is 9.88 Å². The van der Waals surface area contributed by atoms with Gasteiger partial charge in [-0.3, -0.25) is 4.79 Å². The van der Waals surface area contributed by atoms with Crippen LogP contribution in [0, 0.1) is 0 Å². The van der Waals surface area contributed by atoms with E-state index in [1.54, 1.807) is 7.11 Å². The van der Waals surface area contributed by atoms with Crippen molar-refractivity contribution in [1.29, 1.82) is 0 Å². The molecule has 3 rings (SSSR count). The second-order valence-electron chi connectivity index (χ2n) is 6.20. The number of hydrogen-bond acceptors (Lipinski definition) is 2. The predicted octanol–water partition coefficient (Wildman–Crippen LogP) is 3.85. The highest BCUT2D eigenvalue weighted by molar-refractivity contribution is 6.24. The van der Waals surface area contributed by atoms with Gasteiger partial charge in [0.1, 0.15) is 5.75 Å². The number of allylic oxidation sites excluding steroid dienone is 1. The Labute approximate surface area is 151 Å². The van der Waals surface area contributed by atoms with Crippen LogP contribution in [-0.4, -0.2) is 34.4 Å². The van der Waals surface area contributed by atoms with Gasteiger partial charge in [0.25, 0.3) is 5.91 Å². The minimum absolute atomic E-state index is 0.141. The molecule has 24 heavy (non-hydrogen) atoms. The van der Waals surface area contributed by atoms with Crippen LogP contribution < -0.4 is 10.1 Å². The SMILES string of the molecule is C=C1CC(Cl)C(NC(=O)c2cn(C)c3cc(OC)ccc23)CC1Cl. The fourth-order valence-corrected chi connectivity index (χ4v) is 3.77. The average Bonchev–Trinajstić information content (AvgIpc) is 2.89. The number of aryl methyl sites for hydroxylation is 1. The quantitative estimate of drug-likeness (QED) is 0.662. The van der Waals surface area contributed by atoms with Crippen molar-refractivity contribution in [3.05, 3.63) is 42.1 Å². The van der Waals surface area contributed by atoms with Gasteiger partial charge in [0.2, 0.25) is 0 Å². The molecule has 4 nitrogen and oxygen atoms in total. The van der Waals surface area contributed by atoms with Crippen LogP contribution in [0.4, 0.5) is 0 Å². The number of amides is 1. The highest BCUT2D eigenvalue weighted by Gasteiger charge is 2.32. The number of carbonyl (C=O) groups is 1. The summed E-state index contributed by atoms with van der Waals surface area (Å²) in [5.74, 6) is 0.616. The molecular formula is C18H20Cl2N2O2. The molecule has 6 heteroatoms. The van der Waals surface area contributed by atoms with E-state index in [-0.39, 0.29) is 22.7 Å². The third kappa shape index (κ3) is 3.13. The number of nitrogens with one attached hydrogen (secondary N) is 1. The highest BCUT2D eigenvalue weighted by Crippen LogP contribution is 2.31. The first kappa shape index (κ1) is 17.2. The Morgan fingerprint density at radius 2 is 2.17 bits per heavy atom. The van der Waals surface area contributed by atoms with E-state index in [4.69, 9.17) is 27.9 Å². The Morgan fingerprint density at radius 3 is 2.88 bits per heavy atom. The fourth-order valence-electron chi connectivity index (χ4n) is 3.13. The molecule has 128 valence electrons. The molecule has 1 aliphatic rings. The van der Waals surface area contributed by atoms with Gasteiger partial charge in [-0.15, -0.1) is 23.2 Å². The second-order valence-corrected chi connectivity index (χ2v) is 7.29. The number of methoxy groups -OCH3 is 1. The summed E-state index contributed by atoms with van der Waals surface area (Å²) in [6.45, 7) is 3.93. The van der Waals surface area contributed by atoms with E-state index in [2.05, 4.69) is 11.9 Å². The van der Waals surface area contributed by atoms with Crippen LogP contribution in [-0.2, 0) is 7.05 Å². The molecule has 1 aromatic heterocycles. The summed E-state index contributed by atoms with van der Waals surface area (Å²) in [5, 5.41) is 3.57. The summed E-state index contributed by atoms with van der Waals surface area (Å²) >= 11 is 12.6. The first-order chi connectivity index (χ1) is 11.4. The third-order valence-electron chi connectivity index (χ3n) is 4.56. The van der Waals surface area contributed by atoms with Gasteiger partial charge in [-0.1, -0.05) is 12.2 Å². The van der Waals surface area contributed by atoms with Gasteiger partial charge < -0.3 is 14.6 Å². The molecule has 1 N–H and O–H groups in total. The summed E-state index contributed by atoms with van der Waals surface area (Å²) in [5.41, 5.74) is 2.49. The Morgan fingerprint density at radius 1 is 1.42 bits per heavy atom. The lowest BCUT2D eigenvalue weighted by atomic mass is 9.90. The van der Waals surface area contributed by atoms with E-state index in [0.29, 0.717) is 18.4 Å². The predicted molar refractivity (Wildman–Crippen MR) is 98.4 cm³/mol. The number of fused-ring (bicyclic) bond motifs is 1. The minimum Gasteiger partial charge on any atom is -0.497 e. The summed E-state index contributed by atoms with van der Waals surface area (Å²) < 4.78 is 7.16. The molecule has 1 saturated carbocycles. The van der Waals surface area contributed by atoms with Gasteiger partial charge in [0.15, 0.2) is 0 Å². The van der Waals surface area contributed by atoms with Crippen LogP contribution in [0.5, 0.6) is 5.75 Å². The summed E-state index contributed by atoms with van der Waals surface area (Å²) in [7, 11) is 3.53. The molecule has 1 fully saturated rings. The van der Waals surface area contributed by atoms with Crippen LogP contribution in [0.25, 0.3) is 10.9 Å². The molecule has 0 radical (unpaired) electrons. The summed E-state index contributed by atoms with van der Waals surface area (Å²) in [6.07, 6.45) is 3.04. The van der Waals surface area contributed by atoms with E-state index in [1.807, 2.05) is 36.0 Å². The van der Waals surface area contributed by atoms with Gasteiger partial charge in [-0.05, 0) is 25.0 Å². The maximum atomic E-state index is 12.7. The Hall–Kier alpha value is -1.65. The number of aromatic nitrogens is 1. The van der Waals surface area contributed by atoms with Crippen molar-refractivity contribution >= 4 is 40.0 Å². The molecule has 0 aliphatic heterocycles. The van der Waals surface area contributed by atoms with E-state index in [1.165, 1.54) is 0 Å². The Kier molecular flexibility index (Phi) is 4.79. The zero-order chi connectivity index (χ0) is 17.4. The largest absolute Gasteiger partial charge is 0.497 e. The second kappa shape index (κ2) is 6.69. The minimum atomic E-state index is -0.188. The number of rotatable bonds is 3. The molecule has 1 aromatic carbocycles. The number of alkyl halides is 2. The van der Waals surface area contributed by atoms with Crippen molar-refractivity contribution in [3.8, 4) is 5.75 Å². The average molecular weight is 367 g/mol. The van der Waals surface area contributed by atoms with Crippen molar-refractivity contribution in [3.63, 3.8) is 0 Å². The van der Waals surface area contributed by atoms with E-state index in [9.17, 15) is 4.79 Å². The zero-order valence-electron chi connectivity index (χ0n) is 13.7. The third-order valence-corrected chi connectivity index (χ3v) is 5.50. The van der Waals surface area contributed by atoms with E-state index < -0.39 is 0 Å². The standard InChI is InChI=1S/C18H20Cl2N2O2/c1-10-6-15(20)16(8-14(10)19)21-18(23)13-9-22(2)17-7-11(24-3)4-5-12(13)17/h4-5,7,9,14-16H,1,6,8H2,2-3H3,(H,21,23). The number of hydrogen-bond donors (Lipinski definition) is 1. The molecule has 1 heterocycles. The van der Waals surface area contributed by atoms with Crippen LogP contribution >= 0.6 is 23.2 Å². The first-order valence-corrected chi connectivity index (χ1v) is 8.67. The Balaban J connectivity index is 1.85. The van der Waals surface area contributed by atoms with Gasteiger partial charge in [0.05, 0.1) is 28.9 Å². The molecule has 0 saturated heterocycles. The zero-order valence-corrected chi connectivity index (χ0v) is 15.2. The molecule has 1 aliphatic carbocycles. The van der Waals surface area contributed by atoms with Crippen molar-refractivity contribution in [2.75, 3.05) is 7.11 Å². The number of carbonyl (C=O) groups excluding carboxylic acids is 1. The van der Waals surface area contributed by atoms with Gasteiger partial charge in [-0.2, -0.15) is 0 Å². The monoisotopic (exact) mass is 366 g/mol. The Bertz CT molecular complexity index is 800. The molecule has 0 bridgehead atoms. The smallest absolute Gasteiger partial charge is 0.253 e. The topological polar surface area (TPSA) is 43.3 Å². The number of benzene rings is 1. The molecule has 0 spiro atoms. The van der Waals surface area contributed by atoms with Crippen molar-refractivity contribution in [2.45, 2.75) is 29.6 Å². The molecular weight excluding hydrogens is 347 g/mol. The summed E-state index contributed by atoms with van der Waals surface area (Å²) in [6, 6.07) is 5.49. The number of halogens is 2. The summed E-state index contributed by atoms with van der Waals surface area (Å²) in [4.78, 5) is 12.7. The highest BCUT2D eigenvalue weighted by atomic mass is 35.5. The number of ether oxygens (including phenoxy) is 1. The van der Waals surface area contributed by atoms with E-state index in [0.717, 1.165) is 22.2 Å². The van der Waals surface area contributed by atoms with Crippen LogP contribution in [0.15, 0.2) is 36.5 Å². The van der Waals surface area contributed by atoms with Gasteiger partial charge >= 0.3 is 0 Å². The first-order valence-electron chi connectivity index (χ1n) is 7.80. The lowest BCUT2D eigenvalue weighted by Crippen LogP contribution is -2.45. The van der Waals surface area contributed by atoms with Crippen LogP contribution in [0.1, 0.15) is 23.2 Å². The maximum absolute atomic E-state index is 12.7. The maximum Gasteiger partial charge on any atom is 0.253 e. The lowest BCUT2D eigenvalue weighted by Gasteiger charge is -2.32. The van der Waals surface area contributed by atoms with Crippen molar-refractivity contribution in [2.24, 2.45) is 7.05 Å². The van der Waals surface area contributed by atoms with Crippen LogP contribution in [0.2, 0.25) is 0 Å². The molecule has 3 atom stereocenters. The lowest BCUT2D eigenvalue weighted by molar-refractivity contribution is 0.0933. The van der Waals surface area contributed by atoms with Gasteiger partial charge in [-0.25, -0.2) is 0 Å². The van der Waals surface area contributed by atoms with E-state index >= 15 is 0 Å². The van der Waals surface area contributed by atoms with Gasteiger partial charge in [0, 0.05) is 30.7 Å². The number of nitrogens with zero attached hydrogens (tertiary/aromatic N) is 1. The fraction of sp³-hybridized carbons (Fsp3) is 0.389. The molecule has 3 unspecified atom stereocenters. The normalized spacial score (nSPS) is 24.2. The molecule has 2 aromatic rings. The molecule has 1 amide bonds. The van der Waals surface area contributed by atoms with Crippen molar-refractivity contribution < 1.29 is 9.53 Å².